The normalized spacial score (nSPS) is 16.6. The summed E-state index contributed by atoms with van der Waals surface area (Å²) in [6.07, 6.45) is 0.0426. The van der Waals surface area contributed by atoms with Crippen molar-refractivity contribution in [1.29, 1.82) is 0 Å². The van der Waals surface area contributed by atoms with Crippen molar-refractivity contribution in [2.45, 2.75) is 20.0 Å². The van der Waals surface area contributed by atoms with E-state index in [4.69, 9.17) is 9.47 Å². The van der Waals surface area contributed by atoms with E-state index in [-0.39, 0.29) is 18.0 Å². The van der Waals surface area contributed by atoms with Crippen molar-refractivity contribution in [2.75, 3.05) is 56.2 Å². The zero-order chi connectivity index (χ0) is 26.1. The van der Waals surface area contributed by atoms with E-state index in [1.54, 1.807) is 6.92 Å². The first-order chi connectivity index (χ1) is 17.8. The lowest BCUT2D eigenvalue weighted by Crippen LogP contribution is -2.45. The lowest BCUT2D eigenvalue weighted by molar-refractivity contribution is 0.0684. The van der Waals surface area contributed by atoms with Gasteiger partial charge < -0.3 is 24.4 Å². The van der Waals surface area contributed by atoms with Crippen LogP contribution in [0.25, 0.3) is 5.65 Å². The number of ether oxygens (including phenoxy) is 2. The molecule has 0 atom stereocenters. The molecule has 2 aromatic heterocycles. The van der Waals surface area contributed by atoms with Gasteiger partial charge in [0, 0.05) is 38.4 Å². The van der Waals surface area contributed by atoms with Crippen molar-refractivity contribution >= 4 is 29.1 Å². The number of cyclic esters (lactones) is 1. The Balaban J connectivity index is 1.71. The highest BCUT2D eigenvalue weighted by atomic mass is 16.6. The number of carbonyl (C=O) groups excluding carboxylic acids is 1. The summed E-state index contributed by atoms with van der Waals surface area (Å²) in [5.41, 5.74) is 1.41. The van der Waals surface area contributed by atoms with Gasteiger partial charge in [-0.3, -0.25) is 14.1 Å². The highest BCUT2D eigenvalue weighted by molar-refractivity contribution is 5.96. The third-order valence-corrected chi connectivity index (χ3v) is 6.79. The number of aromatic carboxylic acids is 1. The van der Waals surface area contributed by atoms with Gasteiger partial charge in [0.1, 0.15) is 6.61 Å². The van der Waals surface area contributed by atoms with Gasteiger partial charge >= 0.3 is 17.6 Å². The molecule has 0 aliphatic carbocycles. The van der Waals surface area contributed by atoms with Gasteiger partial charge in [0.15, 0.2) is 11.3 Å². The smallest absolute Gasteiger partial charge is 0.414 e. The Morgan fingerprint density at radius 3 is 2.49 bits per heavy atom. The largest absolute Gasteiger partial charge is 0.481 e. The highest BCUT2D eigenvalue weighted by Crippen LogP contribution is 2.33. The fraction of sp³-hybridized carbons (Fsp3) is 0.385. The third-order valence-electron chi connectivity index (χ3n) is 6.79. The van der Waals surface area contributed by atoms with Gasteiger partial charge in [-0.15, -0.1) is 0 Å². The molecule has 1 N–H and O–H groups in total. The Bertz CT molecular complexity index is 1400. The molecule has 3 aromatic rings. The van der Waals surface area contributed by atoms with E-state index in [9.17, 15) is 19.5 Å². The molecule has 4 heterocycles. The molecule has 1 amide bonds. The lowest BCUT2D eigenvalue weighted by Gasteiger charge is -2.36. The molecular weight excluding hydrogens is 478 g/mol. The molecule has 0 saturated carbocycles. The van der Waals surface area contributed by atoms with Gasteiger partial charge in [-0.05, 0) is 32.0 Å². The number of carboxylic acid groups (broad SMARTS) is 1. The van der Waals surface area contributed by atoms with E-state index in [2.05, 4.69) is 21.8 Å². The number of carboxylic acids is 1. The van der Waals surface area contributed by atoms with E-state index in [0.717, 1.165) is 37.4 Å². The predicted octanol–water partition coefficient (Wildman–Crippen LogP) is 2.38. The minimum absolute atomic E-state index is 0.00656. The average Bonchev–Trinajstić information content (AvgIpc) is 2.89. The zero-order valence-electron chi connectivity index (χ0n) is 20.8. The van der Waals surface area contributed by atoms with Crippen LogP contribution in [0.2, 0.25) is 0 Å². The molecule has 11 nitrogen and oxygen atoms in total. The molecule has 2 fully saturated rings. The van der Waals surface area contributed by atoms with Crippen LogP contribution in [-0.4, -0.2) is 77.8 Å². The molecule has 37 heavy (non-hydrogen) atoms. The summed E-state index contributed by atoms with van der Waals surface area (Å²) in [6.45, 7) is 5.62. The molecule has 1 aromatic carbocycles. The number of benzene rings is 1. The lowest BCUT2D eigenvalue weighted by atomic mass is 10.2. The van der Waals surface area contributed by atoms with Crippen LogP contribution >= 0.6 is 0 Å². The van der Waals surface area contributed by atoms with Gasteiger partial charge in [0.2, 0.25) is 5.75 Å². The summed E-state index contributed by atoms with van der Waals surface area (Å²) in [5.74, 6) is -1.74. The number of rotatable bonds is 6. The van der Waals surface area contributed by atoms with Crippen molar-refractivity contribution in [3.05, 3.63) is 63.7 Å². The molecule has 0 radical (unpaired) electrons. The summed E-state index contributed by atoms with van der Waals surface area (Å²) >= 11 is 0. The molecule has 194 valence electrons. The fourth-order valence-corrected chi connectivity index (χ4v) is 4.74. The first-order valence-electron chi connectivity index (χ1n) is 12.2. The van der Waals surface area contributed by atoms with Crippen molar-refractivity contribution in [1.82, 2.24) is 14.3 Å². The molecule has 5 rings (SSSR count). The van der Waals surface area contributed by atoms with Gasteiger partial charge in [0.25, 0.3) is 0 Å². The second kappa shape index (κ2) is 10.1. The van der Waals surface area contributed by atoms with Crippen LogP contribution in [0.5, 0.6) is 5.75 Å². The number of carbonyl (C=O) groups is 2. The summed E-state index contributed by atoms with van der Waals surface area (Å²) in [5, 5.41) is 9.94. The Hall–Kier alpha value is -4.12. The maximum atomic E-state index is 13.9. The fourth-order valence-electron chi connectivity index (χ4n) is 4.74. The van der Waals surface area contributed by atoms with Gasteiger partial charge in [0.05, 0.1) is 18.0 Å². The first kappa shape index (κ1) is 24.6. The van der Waals surface area contributed by atoms with Crippen LogP contribution in [0, 0.1) is 6.92 Å². The minimum atomic E-state index is -1.39. The quantitative estimate of drug-likeness (QED) is 0.537. The monoisotopic (exact) mass is 507 g/mol. The number of aryl methyl sites for hydroxylation is 1. The highest BCUT2D eigenvalue weighted by Gasteiger charge is 2.30. The third kappa shape index (κ3) is 4.69. The molecule has 2 saturated heterocycles. The molecular formula is C26H29N5O6. The number of nitrogens with zero attached hydrogens (tertiary/aromatic N) is 5. The van der Waals surface area contributed by atoms with Crippen LogP contribution in [0.1, 0.15) is 28.2 Å². The molecule has 0 bridgehead atoms. The standard InChI is InChI=1S/C26H29N5O6/c1-17-19(29-12-10-28(2)11-13-29)15-20(30-9-6-14-36-26(30)35)23-27-21(25(33)34)22(24(32)31(17)23)37-16-18-7-4-3-5-8-18/h3-5,7-8,15H,6,9-14,16H2,1-2H3,(H,33,34). The molecule has 2 aliphatic rings. The SMILES string of the molecule is Cc1c(N2CCN(C)CC2)cc(N2CCCOC2=O)c2nc(C(=O)O)c(OCc3ccccc3)c(=O)n12. The zero-order valence-corrected chi connectivity index (χ0v) is 20.8. The van der Waals surface area contributed by atoms with Crippen molar-refractivity contribution < 1.29 is 24.2 Å². The number of hydrogen-bond acceptors (Lipinski definition) is 8. The Kier molecular flexibility index (Phi) is 6.70. The van der Waals surface area contributed by atoms with Gasteiger partial charge in [-0.2, -0.15) is 0 Å². The van der Waals surface area contributed by atoms with Crippen molar-refractivity contribution in [3.8, 4) is 5.75 Å². The minimum Gasteiger partial charge on any atom is -0.481 e. The van der Waals surface area contributed by atoms with Crippen LogP contribution in [0.15, 0.2) is 41.2 Å². The number of anilines is 2. The number of piperazine rings is 1. The summed E-state index contributed by atoms with van der Waals surface area (Å²) in [7, 11) is 2.05. The Morgan fingerprint density at radius 1 is 1.08 bits per heavy atom. The summed E-state index contributed by atoms with van der Waals surface area (Å²) in [4.78, 5) is 49.0. The molecule has 0 unspecified atom stereocenters. The second-order valence-electron chi connectivity index (χ2n) is 9.24. The van der Waals surface area contributed by atoms with E-state index >= 15 is 0 Å². The van der Waals surface area contributed by atoms with Crippen LogP contribution in [-0.2, 0) is 11.3 Å². The topological polar surface area (TPSA) is 117 Å². The van der Waals surface area contributed by atoms with Crippen LogP contribution in [0.3, 0.4) is 0 Å². The van der Waals surface area contributed by atoms with E-state index < -0.39 is 23.3 Å². The second-order valence-corrected chi connectivity index (χ2v) is 9.24. The number of amides is 1. The molecule has 11 heteroatoms. The Morgan fingerprint density at radius 2 is 1.81 bits per heavy atom. The maximum Gasteiger partial charge on any atom is 0.414 e. The molecule has 2 aliphatic heterocycles. The number of pyridine rings is 1. The van der Waals surface area contributed by atoms with Gasteiger partial charge in [-0.25, -0.2) is 14.6 Å². The van der Waals surface area contributed by atoms with E-state index in [0.29, 0.717) is 31.0 Å². The van der Waals surface area contributed by atoms with Crippen molar-refractivity contribution in [3.63, 3.8) is 0 Å². The number of aromatic nitrogens is 2. The summed E-state index contributed by atoms with van der Waals surface area (Å²) in [6, 6.07) is 11.0. The van der Waals surface area contributed by atoms with Gasteiger partial charge in [-0.1, -0.05) is 30.3 Å². The number of hydrogen-bond donors (Lipinski definition) is 1. The van der Waals surface area contributed by atoms with Crippen LogP contribution in [0.4, 0.5) is 16.2 Å². The molecule has 0 spiro atoms. The summed E-state index contributed by atoms with van der Waals surface area (Å²) < 4.78 is 12.4. The Labute approximate surface area is 213 Å². The predicted molar refractivity (Wildman–Crippen MR) is 137 cm³/mol. The average molecular weight is 508 g/mol. The van der Waals surface area contributed by atoms with E-state index in [1.807, 2.05) is 36.4 Å². The first-order valence-corrected chi connectivity index (χ1v) is 12.2. The number of fused-ring (bicyclic) bond motifs is 1. The number of likely N-dealkylation sites (N-methyl/N-ethyl adjacent to an activating group) is 1. The maximum absolute atomic E-state index is 13.9. The van der Waals surface area contributed by atoms with Crippen molar-refractivity contribution in [2.24, 2.45) is 0 Å². The van der Waals surface area contributed by atoms with E-state index in [1.165, 1.54) is 9.30 Å². The van der Waals surface area contributed by atoms with Crippen LogP contribution < -0.4 is 20.1 Å².